The standard InChI is InChI=1S/C24H34N4O4S/c1-24(2,3)32-23(31)26-14-13-25-22(30)17-8-7-15-28(16-17)21(29)12-6-11-20-27-18-9-4-5-10-19(18)33-20/h4-5,9-10,17H,6-8,11-16H2,1-3H3,(H,25,30)(H,26,31). The van der Waals surface area contributed by atoms with Crippen molar-refractivity contribution in [2.24, 2.45) is 5.92 Å². The average molecular weight is 475 g/mol. The highest BCUT2D eigenvalue weighted by atomic mass is 32.1. The van der Waals surface area contributed by atoms with Gasteiger partial charge in [0, 0.05) is 32.6 Å². The summed E-state index contributed by atoms with van der Waals surface area (Å²) in [5.41, 5.74) is 0.454. The van der Waals surface area contributed by atoms with Crippen molar-refractivity contribution >= 4 is 39.5 Å². The molecule has 1 aromatic carbocycles. The van der Waals surface area contributed by atoms with E-state index in [1.54, 1.807) is 32.1 Å². The molecule has 9 heteroatoms. The van der Waals surface area contributed by atoms with Crippen LogP contribution < -0.4 is 10.6 Å². The highest BCUT2D eigenvalue weighted by Crippen LogP contribution is 2.23. The maximum absolute atomic E-state index is 12.7. The second-order valence-electron chi connectivity index (χ2n) is 9.33. The lowest BCUT2D eigenvalue weighted by Gasteiger charge is -2.32. The Balaban J connectivity index is 1.35. The number of alkyl carbamates (subject to hydrolysis) is 1. The number of hydrogen-bond donors (Lipinski definition) is 2. The molecule has 180 valence electrons. The minimum Gasteiger partial charge on any atom is -0.444 e. The maximum atomic E-state index is 12.7. The molecular weight excluding hydrogens is 440 g/mol. The number of carbonyl (C=O) groups excluding carboxylic acids is 3. The predicted molar refractivity (Wildman–Crippen MR) is 129 cm³/mol. The molecular formula is C24H34N4O4S. The summed E-state index contributed by atoms with van der Waals surface area (Å²) < 4.78 is 6.34. The van der Waals surface area contributed by atoms with Gasteiger partial charge in [-0.2, -0.15) is 0 Å². The van der Waals surface area contributed by atoms with Crippen LogP contribution in [0.3, 0.4) is 0 Å². The van der Waals surface area contributed by atoms with Crippen LogP contribution in [0.25, 0.3) is 10.2 Å². The van der Waals surface area contributed by atoms with E-state index in [0.717, 1.165) is 36.2 Å². The van der Waals surface area contributed by atoms with Crippen LogP contribution in [0, 0.1) is 5.92 Å². The molecule has 3 rings (SSSR count). The first-order valence-corrected chi connectivity index (χ1v) is 12.4. The molecule has 2 N–H and O–H groups in total. The Morgan fingerprint density at radius 1 is 1.18 bits per heavy atom. The van der Waals surface area contributed by atoms with E-state index in [1.807, 2.05) is 23.1 Å². The Labute approximate surface area is 199 Å². The van der Waals surface area contributed by atoms with E-state index in [1.165, 1.54) is 4.70 Å². The van der Waals surface area contributed by atoms with E-state index < -0.39 is 11.7 Å². The van der Waals surface area contributed by atoms with Gasteiger partial charge >= 0.3 is 6.09 Å². The lowest BCUT2D eigenvalue weighted by molar-refractivity contribution is -0.135. The summed E-state index contributed by atoms with van der Waals surface area (Å²) in [4.78, 5) is 43.3. The Morgan fingerprint density at radius 2 is 1.94 bits per heavy atom. The monoisotopic (exact) mass is 474 g/mol. The van der Waals surface area contributed by atoms with Gasteiger partial charge < -0.3 is 20.3 Å². The van der Waals surface area contributed by atoms with Crippen LogP contribution in [-0.4, -0.2) is 59.6 Å². The summed E-state index contributed by atoms with van der Waals surface area (Å²) in [6, 6.07) is 8.06. The molecule has 2 aromatic rings. The minimum absolute atomic E-state index is 0.0760. The Kier molecular flexibility index (Phi) is 8.66. The third-order valence-corrected chi connectivity index (χ3v) is 6.45. The lowest BCUT2D eigenvalue weighted by Crippen LogP contribution is -2.46. The molecule has 0 radical (unpaired) electrons. The van der Waals surface area contributed by atoms with Crippen LogP contribution in [0.5, 0.6) is 0 Å². The van der Waals surface area contributed by atoms with E-state index in [2.05, 4.69) is 21.7 Å². The SMILES string of the molecule is CC(C)(C)OC(=O)NCCNC(=O)C1CCCN(C(=O)CCCc2nc3ccccc3s2)C1. The highest BCUT2D eigenvalue weighted by Gasteiger charge is 2.28. The van der Waals surface area contributed by atoms with Gasteiger partial charge in [0.25, 0.3) is 0 Å². The number of para-hydroxylation sites is 1. The van der Waals surface area contributed by atoms with Crippen molar-refractivity contribution in [1.29, 1.82) is 0 Å². The number of fused-ring (bicyclic) bond motifs is 1. The number of benzene rings is 1. The smallest absolute Gasteiger partial charge is 0.407 e. The van der Waals surface area contributed by atoms with Gasteiger partial charge in [-0.15, -0.1) is 11.3 Å². The Hall–Kier alpha value is -2.68. The first-order valence-electron chi connectivity index (χ1n) is 11.6. The molecule has 1 aliphatic heterocycles. The first-order chi connectivity index (χ1) is 15.7. The number of aromatic nitrogens is 1. The van der Waals surface area contributed by atoms with Gasteiger partial charge in [0.1, 0.15) is 5.60 Å². The molecule has 1 fully saturated rings. The van der Waals surface area contributed by atoms with Crippen molar-refractivity contribution in [1.82, 2.24) is 20.5 Å². The fourth-order valence-corrected chi connectivity index (χ4v) is 4.81. The van der Waals surface area contributed by atoms with Crippen LogP contribution in [0.2, 0.25) is 0 Å². The largest absolute Gasteiger partial charge is 0.444 e. The Bertz CT molecular complexity index is 936. The van der Waals surface area contributed by atoms with Crippen molar-refractivity contribution < 1.29 is 19.1 Å². The van der Waals surface area contributed by atoms with Gasteiger partial charge in [-0.25, -0.2) is 9.78 Å². The van der Waals surface area contributed by atoms with Gasteiger partial charge in [-0.05, 0) is 58.6 Å². The topological polar surface area (TPSA) is 101 Å². The number of ether oxygens (including phenoxy) is 1. The zero-order valence-electron chi connectivity index (χ0n) is 19.7. The van der Waals surface area contributed by atoms with Gasteiger partial charge in [0.05, 0.1) is 21.1 Å². The van der Waals surface area contributed by atoms with Gasteiger partial charge in [0.2, 0.25) is 11.8 Å². The zero-order valence-corrected chi connectivity index (χ0v) is 20.5. The molecule has 1 saturated heterocycles. The normalized spacial score (nSPS) is 16.5. The number of rotatable bonds is 8. The number of carbonyl (C=O) groups is 3. The molecule has 33 heavy (non-hydrogen) atoms. The highest BCUT2D eigenvalue weighted by molar-refractivity contribution is 7.18. The third kappa shape index (κ3) is 7.99. The number of nitrogens with zero attached hydrogens (tertiary/aromatic N) is 2. The van der Waals surface area contributed by atoms with E-state index in [4.69, 9.17) is 4.74 Å². The van der Waals surface area contributed by atoms with Crippen LogP contribution in [-0.2, 0) is 20.7 Å². The first kappa shape index (κ1) is 25.0. The molecule has 0 spiro atoms. The number of likely N-dealkylation sites (tertiary alicyclic amines) is 1. The summed E-state index contributed by atoms with van der Waals surface area (Å²) in [5.74, 6) is -0.193. The number of hydrogen-bond acceptors (Lipinski definition) is 6. The van der Waals surface area contributed by atoms with Crippen LogP contribution >= 0.6 is 11.3 Å². The van der Waals surface area contributed by atoms with Gasteiger partial charge in [-0.1, -0.05) is 12.1 Å². The molecule has 1 unspecified atom stereocenters. The number of aryl methyl sites for hydroxylation is 1. The second kappa shape index (κ2) is 11.4. The van der Waals surface area contributed by atoms with Crippen molar-refractivity contribution in [3.8, 4) is 0 Å². The second-order valence-corrected chi connectivity index (χ2v) is 10.4. The molecule has 3 amide bonds. The van der Waals surface area contributed by atoms with Crippen LogP contribution in [0.1, 0.15) is 51.5 Å². The molecule has 0 bridgehead atoms. The molecule has 1 aliphatic rings. The lowest BCUT2D eigenvalue weighted by atomic mass is 9.96. The number of thiazole rings is 1. The summed E-state index contributed by atoms with van der Waals surface area (Å²) in [5, 5.41) is 6.53. The maximum Gasteiger partial charge on any atom is 0.407 e. The van der Waals surface area contributed by atoms with E-state index in [9.17, 15) is 14.4 Å². The van der Waals surface area contributed by atoms with Crippen molar-refractivity contribution in [3.63, 3.8) is 0 Å². The molecule has 0 aliphatic carbocycles. The van der Waals surface area contributed by atoms with E-state index in [0.29, 0.717) is 32.6 Å². The number of piperidine rings is 1. The zero-order chi connectivity index (χ0) is 23.8. The number of amides is 3. The minimum atomic E-state index is -0.556. The van der Waals surface area contributed by atoms with Crippen LogP contribution in [0.15, 0.2) is 24.3 Å². The van der Waals surface area contributed by atoms with E-state index in [-0.39, 0.29) is 17.7 Å². The van der Waals surface area contributed by atoms with Gasteiger partial charge in [0.15, 0.2) is 0 Å². The van der Waals surface area contributed by atoms with E-state index >= 15 is 0 Å². The predicted octanol–water partition coefficient (Wildman–Crippen LogP) is 3.50. The summed E-state index contributed by atoms with van der Waals surface area (Å²) in [6.07, 6.45) is 3.08. The molecule has 2 heterocycles. The van der Waals surface area contributed by atoms with Crippen LogP contribution in [0.4, 0.5) is 4.79 Å². The fourth-order valence-electron chi connectivity index (χ4n) is 3.80. The fraction of sp³-hybridized carbons (Fsp3) is 0.583. The Morgan fingerprint density at radius 3 is 2.70 bits per heavy atom. The van der Waals surface area contributed by atoms with Gasteiger partial charge in [-0.3, -0.25) is 9.59 Å². The number of nitrogens with one attached hydrogen (secondary N) is 2. The van der Waals surface area contributed by atoms with Crippen molar-refractivity contribution in [3.05, 3.63) is 29.3 Å². The third-order valence-electron chi connectivity index (χ3n) is 5.36. The molecule has 0 saturated carbocycles. The quantitative estimate of drug-likeness (QED) is 0.571. The molecule has 8 nitrogen and oxygen atoms in total. The summed E-state index contributed by atoms with van der Waals surface area (Å²) in [7, 11) is 0. The summed E-state index contributed by atoms with van der Waals surface area (Å²) in [6.45, 7) is 7.16. The van der Waals surface area contributed by atoms with Crippen molar-refractivity contribution in [2.75, 3.05) is 26.2 Å². The summed E-state index contributed by atoms with van der Waals surface area (Å²) >= 11 is 1.68. The van der Waals surface area contributed by atoms with Crippen molar-refractivity contribution in [2.45, 2.75) is 58.5 Å². The average Bonchev–Trinajstić information content (AvgIpc) is 3.18. The molecule has 1 atom stereocenters. The molecule has 1 aromatic heterocycles.